The Hall–Kier alpha value is -0.830. The van der Waals surface area contributed by atoms with Gasteiger partial charge in [0, 0.05) is 12.7 Å². The van der Waals surface area contributed by atoms with Gasteiger partial charge in [0.25, 0.3) is 0 Å². The van der Waals surface area contributed by atoms with Crippen LogP contribution >= 0.6 is 0 Å². The molecule has 152 valence electrons. The molecule has 0 radical (unpaired) electrons. The van der Waals surface area contributed by atoms with Crippen LogP contribution in [0.25, 0.3) is 0 Å². The Kier molecular flexibility index (Phi) is 12.7. The fourth-order valence-electron chi connectivity index (χ4n) is 4.47. The predicted molar refractivity (Wildman–Crippen MR) is 109 cm³/mol. The van der Waals surface area contributed by atoms with Gasteiger partial charge in [-0.25, -0.2) is 4.79 Å². The molecule has 26 heavy (non-hydrogen) atoms. The highest BCUT2D eigenvalue weighted by Gasteiger charge is 2.19. The van der Waals surface area contributed by atoms with Gasteiger partial charge < -0.3 is 9.84 Å². The number of hydrogen-bond donors (Lipinski definition) is 1. The van der Waals surface area contributed by atoms with Crippen molar-refractivity contribution >= 4 is 5.97 Å². The van der Waals surface area contributed by atoms with Crippen LogP contribution in [0.5, 0.6) is 0 Å². The first-order valence-electron chi connectivity index (χ1n) is 11.0. The predicted octanol–water partition coefficient (Wildman–Crippen LogP) is 5.91. The molecule has 0 bridgehead atoms. The Morgan fingerprint density at radius 3 is 1.77 bits per heavy atom. The summed E-state index contributed by atoms with van der Waals surface area (Å²) in [6.45, 7) is 4.93. The van der Waals surface area contributed by atoms with Gasteiger partial charge in [0.1, 0.15) is 0 Å². The lowest BCUT2D eigenvalue weighted by Crippen LogP contribution is -2.16. The van der Waals surface area contributed by atoms with E-state index in [0.29, 0.717) is 18.4 Å². The van der Waals surface area contributed by atoms with Crippen molar-refractivity contribution in [2.45, 2.75) is 90.9 Å². The number of carbonyl (C=O) groups excluding carboxylic acids is 1. The fourth-order valence-corrected chi connectivity index (χ4v) is 4.47. The number of aliphatic hydroxyl groups excluding tert-OH is 1. The number of allylic oxidation sites excluding steroid dienone is 1. The number of rotatable bonds is 7. The van der Waals surface area contributed by atoms with E-state index in [1.54, 1.807) is 6.08 Å². The van der Waals surface area contributed by atoms with Crippen molar-refractivity contribution in [3.63, 3.8) is 0 Å². The van der Waals surface area contributed by atoms with E-state index >= 15 is 0 Å². The Balaban J connectivity index is 0.000000273. The third-order valence-electron chi connectivity index (χ3n) is 6.22. The molecule has 2 fully saturated rings. The Morgan fingerprint density at radius 1 is 0.885 bits per heavy atom. The van der Waals surface area contributed by atoms with Crippen LogP contribution in [0.1, 0.15) is 90.9 Å². The lowest BCUT2D eigenvalue weighted by atomic mass is 9.80. The van der Waals surface area contributed by atoms with Crippen molar-refractivity contribution in [2.75, 3.05) is 13.7 Å². The van der Waals surface area contributed by atoms with E-state index < -0.39 is 0 Å². The first-order valence-corrected chi connectivity index (χ1v) is 11.0. The van der Waals surface area contributed by atoms with Gasteiger partial charge in [-0.15, -0.1) is 0 Å². The van der Waals surface area contributed by atoms with Crippen LogP contribution in [-0.4, -0.2) is 24.8 Å². The smallest absolute Gasteiger partial charge is 0.330 e. The number of methoxy groups -OCH3 is 1. The topological polar surface area (TPSA) is 46.5 Å². The summed E-state index contributed by atoms with van der Waals surface area (Å²) in [5.41, 5.74) is 0. The van der Waals surface area contributed by atoms with Crippen LogP contribution in [0.3, 0.4) is 0 Å². The normalized spacial score (nSPS) is 29.1. The van der Waals surface area contributed by atoms with Crippen LogP contribution in [0.2, 0.25) is 0 Å². The van der Waals surface area contributed by atoms with E-state index in [4.69, 9.17) is 5.11 Å². The summed E-state index contributed by atoms with van der Waals surface area (Å²) in [6, 6.07) is 0. The van der Waals surface area contributed by atoms with E-state index in [0.717, 1.165) is 11.8 Å². The quantitative estimate of drug-likeness (QED) is 0.450. The monoisotopic (exact) mass is 366 g/mol. The molecule has 0 aromatic heterocycles. The molecule has 0 amide bonds. The van der Waals surface area contributed by atoms with Gasteiger partial charge in [-0.2, -0.15) is 0 Å². The average Bonchev–Trinajstić information content (AvgIpc) is 2.69. The third-order valence-corrected chi connectivity index (χ3v) is 6.22. The molecule has 0 unspecified atom stereocenters. The minimum absolute atomic E-state index is 0.231. The molecule has 0 aromatic rings. The van der Waals surface area contributed by atoms with E-state index in [-0.39, 0.29) is 5.97 Å². The first-order chi connectivity index (χ1) is 12.6. The first kappa shape index (κ1) is 23.2. The van der Waals surface area contributed by atoms with Crippen molar-refractivity contribution in [2.24, 2.45) is 23.7 Å². The van der Waals surface area contributed by atoms with E-state index in [1.165, 1.54) is 84.2 Å². The fraction of sp³-hybridized carbons (Fsp3) is 0.870. The molecule has 3 heteroatoms. The minimum Gasteiger partial charge on any atom is -0.466 e. The molecule has 1 N–H and O–H groups in total. The SMILES string of the molecule is CCCC1CCC(/C=C/C(=O)OC)CC1.CCCC1CCC(CO)CC1. The van der Waals surface area contributed by atoms with Crippen molar-refractivity contribution in [3.05, 3.63) is 12.2 Å². The van der Waals surface area contributed by atoms with Gasteiger partial charge in [-0.1, -0.05) is 58.4 Å². The second-order valence-electron chi connectivity index (χ2n) is 8.31. The number of carbonyl (C=O) groups is 1. The zero-order valence-corrected chi connectivity index (χ0v) is 17.4. The number of aliphatic hydroxyl groups is 1. The zero-order chi connectivity index (χ0) is 19.2. The molecule has 2 saturated carbocycles. The molecule has 2 aliphatic rings. The van der Waals surface area contributed by atoms with Gasteiger partial charge in [0.2, 0.25) is 0 Å². The van der Waals surface area contributed by atoms with Gasteiger partial charge in [0.05, 0.1) is 7.11 Å². The molecule has 0 atom stereocenters. The molecule has 3 nitrogen and oxygen atoms in total. The Morgan fingerprint density at radius 2 is 1.35 bits per heavy atom. The summed E-state index contributed by atoms with van der Waals surface area (Å²) < 4.78 is 4.58. The van der Waals surface area contributed by atoms with Crippen molar-refractivity contribution in [1.82, 2.24) is 0 Å². The standard InChI is InChI=1S/C13H22O2.C10H20O/c1-3-4-11-5-7-12(8-6-11)9-10-13(14)15-2;1-2-3-9-4-6-10(8-11)7-5-9/h9-12H,3-8H2,1-2H3;9-11H,2-8H2,1H3/b10-9+;. The number of ether oxygens (including phenoxy) is 1. The van der Waals surface area contributed by atoms with Crippen LogP contribution < -0.4 is 0 Å². The maximum atomic E-state index is 10.9. The second kappa shape index (κ2) is 14.3. The molecule has 0 aromatic carbocycles. The van der Waals surface area contributed by atoms with E-state index in [2.05, 4.69) is 18.6 Å². The summed E-state index contributed by atoms with van der Waals surface area (Å²) in [6.07, 6.45) is 19.4. The summed E-state index contributed by atoms with van der Waals surface area (Å²) in [5.74, 6) is 2.89. The van der Waals surface area contributed by atoms with Gasteiger partial charge in [-0.3, -0.25) is 0 Å². The molecule has 2 rings (SSSR count). The Bertz CT molecular complexity index is 375. The van der Waals surface area contributed by atoms with Crippen LogP contribution in [0, 0.1) is 23.7 Å². The Labute approximate surface area is 161 Å². The molecule has 0 aliphatic heterocycles. The molecular weight excluding hydrogens is 324 g/mol. The minimum atomic E-state index is -0.231. The number of hydrogen-bond acceptors (Lipinski definition) is 3. The van der Waals surface area contributed by atoms with E-state index in [1.807, 2.05) is 6.08 Å². The molecule has 0 spiro atoms. The maximum Gasteiger partial charge on any atom is 0.330 e. The summed E-state index contributed by atoms with van der Waals surface area (Å²) in [5, 5.41) is 8.91. The van der Waals surface area contributed by atoms with Crippen molar-refractivity contribution in [1.29, 1.82) is 0 Å². The van der Waals surface area contributed by atoms with Gasteiger partial charge >= 0.3 is 5.97 Å². The zero-order valence-electron chi connectivity index (χ0n) is 17.4. The maximum absolute atomic E-state index is 10.9. The number of esters is 1. The molecule has 0 saturated heterocycles. The highest BCUT2D eigenvalue weighted by molar-refractivity contribution is 5.81. The average molecular weight is 367 g/mol. The summed E-state index contributed by atoms with van der Waals surface area (Å²) >= 11 is 0. The highest BCUT2D eigenvalue weighted by Crippen LogP contribution is 2.32. The second-order valence-corrected chi connectivity index (χ2v) is 8.31. The van der Waals surface area contributed by atoms with E-state index in [9.17, 15) is 4.79 Å². The van der Waals surface area contributed by atoms with Gasteiger partial charge in [-0.05, 0) is 62.2 Å². The third kappa shape index (κ3) is 9.75. The lowest BCUT2D eigenvalue weighted by Gasteiger charge is -2.26. The van der Waals surface area contributed by atoms with Gasteiger partial charge in [0.15, 0.2) is 0 Å². The van der Waals surface area contributed by atoms with Crippen molar-refractivity contribution < 1.29 is 14.6 Å². The van der Waals surface area contributed by atoms with Crippen LogP contribution in [0.15, 0.2) is 12.2 Å². The van der Waals surface area contributed by atoms with Crippen molar-refractivity contribution in [3.8, 4) is 0 Å². The summed E-state index contributed by atoms with van der Waals surface area (Å²) in [7, 11) is 1.42. The molecular formula is C23H42O3. The largest absolute Gasteiger partial charge is 0.466 e. The molecule has 0 heterocycles. The van der Waals surface area contributed by atoms with Crippen LogP contribution in [-0.2, 0) is 9.53 Å². The van der Waals surface area contributed by atoms with Crippen LogP contribution in [0.4, 0.5) is 0 Å². The highest BCUT2D eigenvalue weighted by atomic mass is 16.5. The summed E-state index contributed by atoms with van der Waals surface area (Å²) in [4.78, 5) is 10.9. The lowest BCUT2D eigenvalue weighted by molar-refractivity contribution is -0.134. The molecule has 2 aliphatic carbocycles.